The van der Waals surface area contributed by atoms with Crippen LogP contribution >= 0.6 is 0 Å². The molecular weight excluding hydrogens is 174 g/mol. The van der Waals surface area contributed by atoms with E-state index in [1.807, 2.05) is 0 Å². The van der Waals surface area contributed by atoms with Gasteiger partial charge in [-0.2, -0.15) is 0 Å². The van der Waals surface area contributed by atoms with Crippen molar-refractivity contribution >= 4 is 0 Å². The average Bonchev–Trinajstić information content (AvgIpc) is 2.02. The summed E-state index contributed by atoms with van der Waals surface area (Å²) < 4.78 is 25.3. The molecule has 72 valence electrons. The molecule has 0 aliphatic rings. The molecule has 1 aromatic rings. The fourth-order valence-electron chi connectivity index (χ4n) is 1.11. The van der Waals surface area contributed by atoms with Crippen LogP contribution in [0.15, 0.2) is 18.2 Å². The van der Waals surface area contributed by atoms with E-state index in [4.69, 9.17) is 11.5 Å². The minimum Gasteiger partial charge on any atom is -0.329 e. The van der Waals surface area contributed by atoms with E-state index in [1.54, 1.807) is 0 Å². The Labute approximate surface area is 75.5 Å². The zero-order valence-electron chi connectivity index (χ0n) is 7.13. The summed E-state index contributed by atoms with van der Waals surface area (Å²) in [5.41, 5.74) is 11.4. The third-order valence-corrected chi connectivity index (χ3v) is 1.72. The quantitative estimate of drug-likeness (QED) is 0.733. The maximum atomic E-state index is 12.7. The van der Waals surface area contributed by atoms with E-state index < -0.39 is 11.6 Å². The van der Waals surface area contributed by atoms with Crippen LogP contribution in [0, 0.1) is 11.6 Å². The van der Waals surface area contributed by atoms with Gasteiger partial charge in [0.1, 0.15) is 11.6 Å². The van der Waals surface area contributed by atoms with E-state index in [-0.39, 0.29) is 6.04 Å². The van der Waals surface area contributed by atoms with Crippen molar-refractivity contribution in [2.24, 2.45) is 11.5 Å². The third-order valence-electron chi connectivity index (χ3n) is 1.72. The first kappa shape index (κ1) is 10.1. The van der Waals surface area contributed by atoms with Gasteiger partial charge < -0.3 is 11.5 Å². The highest BCUT2D eigenvalue weighted by molar-refractivity contribution is 5.18. The van der Waals surface area contributed by atoms with E-state index in [0.717, 1.165) is 6.07 Å². The molecule has 4 N–H and O–H groups in total. The SMILES string of the molecule is NCC(N)Cc1cc(F)cc(F)c1. The summed E-state index contributed by atoms with van der Waals surface area (Å²) in [7, 11) is 0. The summed E-state index contributed by atoms with van der Waals surface area (Å²) in [5.74, 6) is -1.17. The van der Waals surface area contributed by atoms with Gasteiger partial charge >= 0.3 is 0 Å². The van der Waals surface area contributed by atoms with Crippen molar-refractivity contribution in [3.63, 3.8) is 0 Å². The zero-order chi connectivity index (χ0) is 9.84. The highest BCUT2D eigenvalue weighted by atomic mass is 19.1. The van der Waals surface area contributed by atoms with Crippen molar-refractivity contribution in [3.05, 3.63) is 35.4 Å². The molecule has 0 aliphatic heterocycles. The minimum absolute atomic E-state index is 0.249. The maximum absolute atomic E-state index is 12.7. The van der Waals surface area contributed by atoms with Gasteiger partial charge in [0.05, 0.1) is 0 Å². The number of halogens is 2. The Morgan fingerprint density at radius 3 is 2.15 bits per heavy atom. The summed E-state index contributed by atoms with van der Waals surface area (Å²) in [4.78, 5) is 0. The van der Waals surface area contributed by atoms with Crippen LogP contribution in [-0.4, -0.2) is 12.6 Å². The van der Waals surface area contributed by atoms with Crippen molar-refractivity contribution in [2.75, 3.05) is 6.54 Å². The molecule has 1 atom stereocenters. The van der Waals surface area contributed by atoms with Crippen molar-refractivity contribution in [1.82, 2.24) is 0 Å². The largest absolute Gasteiger partial charge is 0.329 e. The summed E-state index contributed by atoms with van der Waals surface area (Å²) in [6.07, 6.45) is 0.394. The van der Waals surface area contributed by atoms with Gasteiger partial charge in [-0.25, -0.2) is 8.78 Å². The number of hydrogen-bond acceptors (Lipinski definition) is 2. The molecule has 0 aliphatic carbocycles. The topological polar surface area (TPSA) is 52.0 Å². The molecule has 0 amide bonds. The van der Waals surface area contributed by atoms with Gasteiger partial charge in [0.15, 0.2) is 0 Å². The number of benzene rings is 1. The van der Waals surface area contributed by atoms with Crippen LogP contribution in [0.1, 0.15) is 5.56 Å². The lowest BCUT2D eigenvalue weighted by Crippen LogP contribution is -2.31. The monoisotopic (exact) mass is 186 g/mol. The first-order valence-corrected chi connectivity index (χ1v) is 4.02. The van der Waals surface area contributed by atoms with Gasteiger partial charge in [-0.15, -0.1) is 0 Å². The van der Waals surface area contributed by atoms with Crippen molar-refractivity contribution < 1.29 is 8.78 Å². The fraction of sp³-hybridized carbons (Fsp3) is 0.333. The number of hydrogen-bond donors (Lipinski definition) is 2. The molecule has 0 bridgehead atoms. The van der Waals surface area contributed by atoms with Crippen LogP contribution in [0.3, 0.4) is 0 Å². The Morgan fingerprint density at radius 1 is 1.15 bits per heavy atom. The summed E-state index contributed by atoms with van der Waals surface area (Å²) in [5, 5.41) is 0. The molecule has 1 unspecified atom stereocenters. The second-order valence-electron chi connectivity index (χ2n) is 2.98. The van der Waals surface area contributed by atoms with Gasteiger partial charge in [-0.3, -0.25) is 0 Å². The molecule has 1 aromatic carbocycles. The molecule has 0 radical (unpaired) electrons. The molecule has 0 spiro atoms. The fourth-order valence-corrected chi connectivity index (χ4v) is 1.11. The molecule has 0 saturated heterocycles. The van der Waals surface area contributed by atoms with Crippen LogP contribution in [-0.2, 0) is 6.42 Å². The van der Waals surface area contributed by atoms with E-state index in [9.17, 15) is 8.78 Å². The molecule has 4 heteroatoms. The smallest absolute Gasteiger partial charge is 0.126 e. The minimum atomic E-state index is -0.584. The molecule has 0 aromatic heterocycles. The zero-order valence-corrected chi connectivity index (χ0v) is 7.13. The van der Waals surface area contributed by atoms with Crippen molar-refractivity contribution in [2.45, 2.75) is 12.5 Å². The predicted molar refractivity (Wildman–Crippen MR) is 47.1 cm³/mol. The molecule has 13 heavy (non-hydrogen) atoms. The van der Waals surface area contributed by atoms with Crippen molar-refractivity contribution in [3.8, 4) is 0 Å². The Balaban J connectivity index is 2.77. The standard InChI is InChI=1S/C9H12F2N2/c10-7-1-6(2-8(11)4-7)3-9(13)5-12/h1-2,4,9H,3,5,12-13H2. The van der Waals surface area contributed by atoms with Gasteiger partial charge in [0, 0.05) is 18.7 Å². The predicted octanol–water partition coefficient (Wildman–Crippen LogP) is 0.793. The molecule has 1 rings (SSSR count). The van der Waals surface area contributed by atoms with E-state index in [1.165, 1.54) is 12.1 Å². The third kappa shape index (κ3) is 3.08. The first-order valence-electron chi connectivity index (χ1n) is 4.02. The molecule has 2 nitrogen and oxygen atoms in total. The number of rotatable bonds is 3. The second-order valence-corrected chi connectivity index (χ2v) is 2.98. The molecule has 0 fully saturated rings. The van der Waals surface area contributed by atoms with Crippen LogP contribution < -0.4 is 11.5 Å². The van der Waals surface area contributed by atoms with Crippen molar-refractivity contribution in [1.29, 1.82) is 0 Å². The lowest BCUT2D eigenvalue weighted by Gasteiger charge is -2.08. The summed E-state index contributed by atoms with van der Waals surface area (Å²) in [6.45, 7) is 0.304. The lowest BCUT2D eigenvalue weighted by atomic mass is 10.1. The van der Waals surface area contributed by atoms with Gasteiger partial charge in [0.25, 0.3) is 0 Å². The van der Waals surface area contributed by atoms with Gasteiger partial charge in [0.2, 0.25) is 0 Å². The Hall–Kier alpha value is -1.00. The Kier molecular flexibility index (Phi) is 3.33. The molecule has 0 saturated carbocycles. The first-order chi connectivity index (χ1) is 6.11. The average molecular weight is 186 g/mol. The molecule has 0 heterocycles. The normalized spacial score (nSPS) is 12.9. The van der Waals surface area contributed by atoms with Crippen LogP contribution in [0.4, 0.5) is 8.78 Å². The van der Waals surface area contributed by atoms with Crippen LogP contribution in [0.2, 0.25) is 0 Å². The van der Waals surface area contributed by atoms with Crippen LogP contribution in [0.5, 0.6) is 0 Å². The lowest BCUT2D eigenvalue weighted by molar-refractivity contribution is 0.575. The molecular formula is C9H12F2N2. The van der Waals surface area contributed by atoms with E-state index >= 15 is 0 Å². The maximum Gasteiger partial charge on any atom is 0.126 e. The Morgan fingerprint density at radius 2 is 1.69 bits per heavy atom. The van der Waals surface area contributed by atoms with E-state index in [0.29, 0.717) is 18.5 Å². The number of nitrogens with two attached hydrogens (primary N) is 2. The summed E-state index contributed by atoms with van der Waals surface area (Å²) >= 11 is 0. The highest BCUT2D eigenvalue weighted by Gasteiger charge is 2.04. The van der Waals surface area contributed by atoms with Gasteiger partial charge in [-0.05, 0) is 24.1 Å². The van der Waals surface area contributed by atoms with E-state index in [2.05, 4.69) is 0 Å². The highest BCUT2D eigenvalue weighted by Crippen LogP contribution is 2.09. The Bertz CT molecular complexity index is 269. The second kappa shape index (κ2) is 4.30. The van der Waals surface area contributed by atoms with Crippen LogP contribution in [0.25, 0.3) is 0 Å². The van der Waals surface area contributed by atoms with Gasteiger partial charge in [-0.1, -0.05) is 0 Å². The summed E-state index contributed by atoms with van der Waals surface area (Å²) in [6, 6.07) is 3.11.